The normalized spacial score (nSPS) is 15.6. The number of aromatic nitrogens is 2. The zero-order chi connectivity index (χ0) is 52.0. The molecule has 1 fully saturated rings. The number of hydrogen-bond donors (Lipinski definition) is 14. The molecule has 19 N–H and O–H groups in total. The molecule has 1 aliphatic rings. The maximum absolute atomic E-state index is 14.1. The molecule has 1 aromatic heterocycles. The molecule has 70 heavy (non-hydrogen) atoms. The fourth-order valence-corrected chi connectivity index (χ4v) is 7.13. The summed E-state index contributed by atoms with van der Waals surface area (Å²) in [6.45, 7) is 6.03. The minimum atomic E-state index is -1.33. The van der Waals surface area contributed by atoms with Crippen LogP contribution in [0.2, 0.25) is 0 Å². The molecule has 26 nitrogen and oxygen atoms in total. The molecule has 26 heteroatoms. The first kappa shape index (κ1) is 59.9. The minimum absolute atomic E-state index is 0.0390. The van der Waals surface area contributed by atoms with Gasteiger partial charge in [0.15, 0.2) is 0 Å². The highest BCUT2D eigenvalue weighted by molar-refractivity contribution is 6.40. The highest BCUT2D eigenvalue weighted by atomic mass is 16.3. The number of aliphatic imine (C=N–C) groups is 1. The Morgan fingerprint density at radius 1 is 0.800 bits per heavy atom. The van der Waals surface area contributed by atoms with Crippen LogP contribution in [0.1, 0.15) is 96.1 Å². The lowest BCUT2D eigenvalue weighted by Crippen LogP contribution is -2.57. The highest BCUT2D eigenvalue weighted by Gasteiger charge is 2.38. The number of unbranched alkanes of at least 4 members (excludes halogenated alkanes) is 3. The minimum Gasteiger partial charge on any atom is -0.391 e. The molecular weight excluding hydrogens is 913 g/mol. The number of aliphatic hydroxyl groups is 1. The quantitative estimate of drug-likeness (QED) is 0.0175. The number of nitrogens with zero attached hydrogens (tertiary/aromatic N) is 3. The van der Waals surface area contributed by atoms with E-state index in [1.54, 1.807) is 0 Å². The van der Waals surface area contributed by atoms with Crippen molar-refractivity contribution < 1.29 is 48.3 Å². The van der Waals surface area contributed by atoms with Gasteiger partial charge in [-0.05, 0) is 110 Å². The van der Waals surface area contributed by atoms with E-state index in [4.69, 9.17) is 28.7 Å². The van der Waals surface area contributed by atoms with Gasteiger partial charge < -0.3 is 80.9 Å². The summed E-state index contributed by atoms with van der Waals surface area (Å²) < 4.78 is 0. The summed E-state index contributed by atoms with van der Waals surface area (Å²) in [6, 6.07) is -5.71. The van der Waals surface area contributed by atoms with Crippen LogP contribution in [0.25, 0.3) is 0 Å². The number of likely N-dealkylation sites (tertiary alicyclic amines) is 1. The SMILES string of the molecule is C=C(NC(=O)[C@H](CCCCN)NC(=O)[C@H](Cc1cnc[nH]1)NC(=O)[C@@H]1CCCN1C(=O)C(CCCN)=NC(=O)CNC(=O)[C@H](C)NC(=O)C[C@@H](O)CN)C(=O)N[C@@H](CCCCN)C(=O)NCCCCN. The molecule has 0 saturated carbocycles. The van der Waals surface area contributed by atoms with Crippen LogP contribution in [0, 0.1) is 0 Å². The van der Waals surface area contributed by atoms with E-state index in [0.717, 1.165) is 0 Å². The van der Waals surface area contributed by atoms with Crippen LogP contribution in [0.4, 0.5) is 0 Å². The van der Waals surface area contributed by atoms with Crippen LogP contribution in [0.5, 0.6) is 0 Å². The summed E-state index contributed by atoms with van der Waals surface area (Å²) in [6.07, 6.45) is 5.80. The van der Waals surface area contributed by atoms with Crippen molar-refractivity contribution in [1.82, 2.24) is 52.1 Å². The molecule has 0 unspecified atom stereocenters. The maximum Gasteiger partial charge on any atom is 0.269 e. The van der Waals surface area contributed by atoms with E-state index in [-0.39, 0.29) is 76.0 Å². The first-order valence-corrected chi connectivity index (χ1v) is 23.8. The van der Waals surface area contributed by atoms with Crippen LogP contribution in [0.15, 0.2) is 29.8 Å². The standard InChI is InChI=1S/C44H76N16O10/c1-27(54-36(62)22-30(61)23-49)38(64)52-25-37(63)56-33(13-9-18-48)44(70)60-20-10-14-35(60)43(69)59-34(21-29-24-50-26-53-29)42(68)58-32(12-4-6-16-46)41(67)55-28(2)39(65)57-31(11-3-5-15-45)40(66)51-19-8-7-17-47/h24,26-27,30-32,34-35,61H,2-23,25,45-49H2,1H3,(H,50,53)(H,51,66)(H,52,64)(H,54,62)(H,55,67)(H,57,65)(H,58,68)(H,59,69)/t27-,30+,31-,32-,34-,35-/m0/s1. The number of amides is 9. The summed E-state index contributed by atoms with van der Waals surface area (Å²) in [5.74, 6) is -6.52. The second-order valence-corrected chi connectivity index (χ2v) is 16.9. The number of imidazole rings is 1. The van der Waals surface area contributed by atoms with Gasteiger partial charge in [-0.1, -0.05) is 6.58 Å². The topological polar surface area (TPSA) is 432 Å². The Kier molecular flexibility index (Phi) is 28.6. The number of rotatable bonds is 34. The Labute approximate surface area is 408 Å². The zero-order valence-corrected chi connectivity index (χ0v) is 40.2. The number of nitrogens with two attached hydrogens (primary N) is 5. The lowest BCUT2D eigenvalue weighted by Gasteiger charge is -2.28. The van der Waals surface area contributed by atoms with Gasteiger partial charge >= 0.3 is 0 Å². The number of H-pyrrole nitrogens is 1. The largest absolute Gasteiger partial charge is 0.391 e. The molecule has 1 aromatic rings. The van der Waals surface area contributed by atoms with E-state index in [2.05, 4.69) is 58.8 Å². The molecule has 1 saturated heterocycles. The van der Waals surface area contributed by atoms with E-state index in [1.165, 1.54) is 24.3 Å². The Bertz CT molecular complexity index is 1920. The lowest BCUT2D eigenvalue weighted by atomic mass is 10.1. The van der Waals surface area contributed by atoms with Crippen molar-refractivity contribution in [3.05, 3.63) is 30.5 Å². The van der Waals surface area contributed by atoms with Crippen molar-refractivity contribution in [2.45, 2.75) is 133 Å². The molecule has 392 valence electrons. The molecule has 2 heterocycles. The van der Waals surface area contributed by atoms with Crippen LogP contribution in [-0.4, -0.2) is 168 Å². The van der Waals surface area contributed by atoms with Crippen LogP contribution >= 0.6 is 0 Å². The molecule has 6 atom stereocenters. The lowest BCUT2D eigenvalue weighted by molar-refractivity contribution is -0.136. The number of aliphatic hydroxyl groups excluding tert-OH is 1. The number of carbonyl (C=O) groups is 9. The van der Waals surface area contributed by atoms with Gasteiger partial charge in [0.1, 0.15) is 35.9 Å². The summed E-state index contributed by atoms with van der Waals surface area (Å²) >= 11 is 0. The third-order valence-corrected chi connectivity index (χ3v) is 11.1. The first-order valence-electron chi connectivity index (χ1n) is 23.8. The van der Waals surface area contributed by atoms with Crippen LogP contribution < -0.4 is 65.9 Å². The van der Waals surface area contributed by atoms with Crippen molar-refractivity contribution in [2.75, 3.05) is 52.4 Å². The van der Waals surface area contributed by atoms with Crippen molar-refractivity contribution in [3.8, 4) is 0 Å². The van der Waals surface area contributed by atoms with Gasteiger partial charge in [-0.25, -0.2) is 9.98 Å². The first-order chi connectivity index (χ1) is 33.5. The van der Waals surface area contributed by atoms with Crippen molar-refractivity contribution in [1.29, 1.82) is 0 Å². The molecule has 9 amide bonds. The zero-order valence-electron chi connectivity index (χ0n) is 40.2. The summed E-state index contributed by atoms with van der Waals surface area (Å²) in [5, 5.41) is 27.6. The van der Waals surface area contributed by atoms with E-state index in [0.29, 0.717) is 76.8 Å². The summed E-state index contributed by atoms with van der Waals surface area (Å²) in [7, 11) is 0. The number of carbonyl (C=O) groups excluding carboxylic acids is 9. The van der Waals surface area contributed by atoms with Gasteiger partial charge in [-0.3, -0.25) is 43.2 Å². The number of nitrogens with one attached hydrogen (secondary N) is 8. The average Bonchev–Trinajstić information content (AvgIpc) is 4.05. The van der Waals surface area contributed by atoms with Crippen molar-refractivity contribution >= 4 is 58.9 Å². The molecule has 2 rings (SSSR count). The van der Waals surface area contributed by atoms with E-state index >= 15 is 0 Å². The van der Waals surface area contributed by atoms with Crippen molar-refractivity contribution in [3.63, 3.8) is 0 Å². The third-order valence-electron chi connectivity index (χ3n) is 11.1. The Balaban J connectivity index is 2.25. The molecule has 0 bridgehead atoms. The Morgan fingerprint density at radius 2 is 1.44 bits per heavy atom. The third kappa shape index (κ3) is 22.1. The van der Waals surface area contributed by atoms with E-state index in [9.17, 15) is 48.3 Å². The van der Waals surface area contributed by atoms with Gasteiger partial charge in [-0.15, -0.1) is 0 Å². The monoisotopic (exact) mass is 989 g/mol. The molecule has 1 aliphatic heterocycles. The Morgan fingerprint density at radius 3 is 2.06 bits per heavy atom. The molecule has 0 spiro atoms. The van der Waals surface area contributed by atoms with Gasteiger partial charge in [0.25, 0.3) is 17.7 Å². The van der Waals surface area contributed by atoms with Crippen LogP contribution in [0.3, 0.4) is 0 Å². The predicted octanol–water partition coefficient (Wildman–Crippen LogP) is -4.82. The molecular formula is C44H76N16O10. The van der Waals surface area contributed by atoms with Gasteiger partial charge in [0, 0.05) is 37.9 Å². The average molecular weight is 989 g/mol. The second-order valence-electron chi connectivity index (χ2n) is 16.9. The fraction of sp³-hybridized carbons (Fsp3) is 0.659. The van der Waals surface area contributed by atoms with Gasteiger partial charge in [0.05, 0.1) is 31.1 Å². The van der Waals surface area contributed by atoms with E-state index in [1.807, 2.05) is 0 Å². The molecule has 0 radical (unpaired) electrons. The molecule has 0 aromatic carbocycles. The maximum atomic E-state index is 14.1. The fourth-order valence-electron chi connectivity index (χ4n) is 7.13. The smallest absolute Gasteiger partial charge is 0.269 e. The van der Waals surface area contributed by atoms with Crippen LogP contribution in [-0.2, 0) is 49.6 Å². The van der Waals surface area contributed by atoms with Gasteiger partial charge in [-0.2, -0.15) is 0 Å². The number of aromatic amines is 1. The highest BCUT2D eigenvalue weighted by Crippen LogP contribution is 2.20. The van der Waals surface area contributed by atoms with Gasteiger partial charge in [0.2, 0.25) is 35.4 Å². The second kappa shape index (κ2) is 33.4. The predicted molar refractivity (Wildman–Crippen MR) is 258 cm³/mol. The number of hydrogen-bond acceptors (Lipinski definition) is 16. The van der Waals surface area contributed by atoms with E-state index < -0.39 is 96.0 Å². The summed E-state index contributed by atoms with van der Waals surface area (Å²) in [5.41, 5.74) is 27.8. The Hall–Kier alpha value is -6.19. The van der Waals surface area contributed by atoms with Crippen molar-refractivity contribution in [2.24, 2.45) is 33.7 Å². The molecule has 0 aliphatic carbocycles. The summed E-state index contributed by atoms with van der Waals surface area (Å²) in [4.78, 5) is 132.